The normalized spacial score (nSPS) is 15.3. The first kappa shape index (κ1) is 13.7. The summed E-state index contributed by atoms with van der Waals surface area (Å²) in [6, 6.07) is 4.85. The van der Waals surface area contributed by atoms with Crippen LogP contribution in [0.5, 0.6) is 0 Å². The number of unbranched alkanes of at least 4 members (excludes halogenated alkanes) is 2. The molecule has 3 heteroatoms. The van der Waals surface area contributed by atoms with Crippen LogP contribution in [0.3, 0.4) is 0 Å². The van der Waals surface area contributed by atoms with Gasteiger partial charge in [0.2, 0.25) is 0 Å². The Morgan fingerprint density at radius 1 is 1.44 bits per heavy atom. The third-order valence-corrected chi connectivity index (χ3v) is 3.86. The number of nitrogens with two attached hydrogens (primary N) is 1. The Morgan fingerprint density at radius 3 is 2.69 bits per heavy atom. The fraction of sp³-hybridized carbons (Fsp3) is 0.692. The SMILES string of the molecule is CCCCCN(C)C(c1cccs1)C(C)N. The van der Waals surface area contributed by atoms with Crippen LogP contribution in [0, 0.1) is 0 Å². The summed E-state index contributed by atoms with van der Waals surface area (Å²) in [5.74, 6) is 0. The molecular formula is C13H24N2S. The predicted octanol–water partition coefficient (Wildman–Crippen LogP) is 3.26. The molecule has 1 heterocycles. The minimum atomic E-state index is 0.185. The van der Waals surface area contributed by atoms with E-state index in [9.17, 15) is 0 Å². The molecule has 1 aromatic rings. The van der Waals surface area contributed by atoms with Crippen molar-refractivity contribution < 1.29 is 0 Å². The Bertz CT molecular complexity index is 269. The second-order valence-corrected chi connectivity index (χ2v) is 5.49. The van der Waals surface area contributed by atoms with E-state index in [1.54, 1.807) is 11.3 Å². The molecular weight excluding hydrogens is 216 g/mol. The molecule has 0 aliphatic carbocycles. The number of likely N-dealkylation sites (N-methyl/N-ethyl adjacent to an activating group) is 1. The first-order valence-corrected chi connectivity index (χ1v) is 7.04. The van der Waals surface area contributed by atoms with Crippen molar-refractivity contribution in [2.24, 2.45) is 5.73 Å². The quantitative estimate of drug-likeness (QED) is 0.741. The maximum absolute atomic E-state index is 6.10. The summed E-state index contributed by atoms with van der Waals surface area (Å²) in [4.78, 5) is 3.78. The maximum atomic E-state index is 6.10. The Kier molecular flexibility index (Phi) is 6.03. The third kappa shape index (κ3) is 3.89. The van der Waals surface area contributed by atoms with E-state index in [4.69, 9.17) is 5.73 Å². The van der Waals surface area contributed by atoms with Gasteiger partial charge in [-0.1, -0.05) is 25.8 Å². The van der Waals surface area contributed by atoms with E-state index in [0.717, 1.165) is 6.54 Å². The van der Waals surface area contributed by atoms with Gasteiger partial charge >= 0.3 is 0 Å². The molecule has 0 amide bonds. The summed E-state index contributed by atoms with van der Waals surface area (Å²) in [7, 11) is 2.18. The van der Waals surface area contributed by atoms with Crippen molar-refractivity contribution in [1.82, 2.24) is 4.90 Å². The molecule has 2 atom stereocenters. The van der Waals surface area contributed by atoms with Gasteiger partial charge in [0, 0.05) is 10.9 Å². The Labute approximate surface area is 103 Å². The van der Waals surface area contributed by atoms with Crippen LogP contribution in [0.4, 0.5) is 0 Å². The summed E-state index contributed by atoms with van der Waals surface area (Å²) >= 11 is 1.81. The molecule has 0 saturated heterocycles. The molecule has 2 N–H and O–H groups in total. The van der Waals surface area contributed by atoms with Crippen molar-refractivity contribution in [3.05, 3.63) is 22.4 Å². The van der Waals surface area contributed by atoms with E-state index >= 15 is 0 Å². The summed E-state index contributed by atoms with van der Waals surface area (Å²) in [6.07, 6.45) is 3.84. The van der Waals surface area contributed by atoms with E-state index in [-0.39, 0.29) is 6.04 Å². The van der Waals surface area contributed by atoms with Crippen molar-refractivity contribution in [1.29, 1.82) is 0 Å². The fourth-order valence-electron chi connectivity index (χ4n) is 2.09. The van der Waals surface area contributed by atoms with E-state index in [2.05, 4.69) is 43.3 Å². The fourth-order valence-corrected chi connectivity index (χ4v) is 3.09. The van der Waals surface area contributed by atoms with Gasteiger partial charge in [-0.3, -0.25) is 4.90 Å². The van der Waals surface area contributed by atoms with Crippen LogP contribution in [0.15, 0.2) is 17.5 Å². The van der Waals surface area contributed by atoms with Gasteiger partial charge in [-0.05, 0) is 38.4 Å². The molecule has 1 rings (SSSR count). The van der Waals surface area contributed by atoms with Gasteiger partial charge in [-0.2, -0.15) is 0 Å². The van der Waals surface area contributed by atoms with E-state index < -0.39 is 0 Å². The van der Waals surface area contributed by atoms with Crippen LogP contribution in [-0.4, -0.2) is 24.5 Å². The molecule has 0 bridgehead atoms. The molecule has 0 spiro atoms. The lowest BCUT2D eigenvalue weighted by molar-refractivity contribution is 0.218. The van der Waals surface area contributed by atoms with Crippen molar-refractivity contribution in [3.8, 4) is 0 Å². The molecule has 2 nitrogen and oxygen atoms in total. The van der Waals surface area contributed by atoms with E-state index in [1.165, 1.54) is 24.1 Å². The minimum absolute atomic E-state index is 0.185. The smallest absolute Gasteiger partial charge is 0.0588 e. The molecule has 0 aliphatic rings. The number of hydrogen-bond donors (Lipinski definition) is 1. The summed E-state index contributed by atoms with van der Waals surface area (Å²) in [5, 5.41) is 2.13. The zero-order chi connectivity index (χ0) is 12.0. The summed E-state index contributed by atoms with van der Waals surface area (Å²) in [5.41, 5.74) is 6.10. The van der Waals surface area contributed by atoms with Crippen LogP contribution in [0.2, 0.25) is 0 Å². The molecule has 92 valence electrons. The van der Waals surface area contributed by atoms with Crippen LogP contribution < -0.4 is 5.73 Å². The first-order valence-electron chi connectivity index (χ1n) is 6.16. The Balaban J connectivity index is 2.56. The zero-order valence-electron chi connectivity index (χ0n) is 10.6. The predicted molar refractivity (Wildman–Crippen MR) is 72.9 cm³/mol. The lowest BCUT2D eigenvalue weighted by atomic mass is 10.1. The lowest BCUT2D eigenvalue weighted by Crippen LogP contribution is -2.37. The van der Waals surface area contributed by atoms with Crippen LogP contribution >= 0.6 is 11.3 Å². The topological polar surface area (TPSA) is 29.3 Å². The molecule has 1 aromatic heterocycles. The monoisotopic (exact) mass is 240 g/mol. The largest absolute Gasteiger partial charge is 0.326 e. The van der Waals surface area contributed by atoms with Gasteiger partial charge in [0.1, 0.15) is 0 Å². The maximum Gasteiger partial charge on any atom is 0.0588 e. The van der Waals surface area contributed by atoms with Gasteiger partial charge in [0.15, 0.2) is 0 Å². The van der Waals surface area contributed by atoms with E-state index in [0.29, 0.717) is 6.04 Å². The first-order chi connectivity index (χ1) is 7.66. The summed E-state index contributed by atoms with van der Waals surface area (Å²) < 4.78 is 0. The van der Waals surface area contributed by atoms with Crippen molar-refractivity contribution in [2.45, 2.75) is 45.2 Å². The van der Waals surface area contributed by atoms with Crippen LogP contribution in [0.1, 0.15) is 44.0 Å². The molecule has 2 unspecified atom stereocenters. The van der Waals surface area contributed by atoms with Gasteiger partial charge in [-0.15, -0.1) is 11.3 Å². The highest BCUT2D eigenvalue weighted by molar-refractivity contribution is 7.10. The van der Waals surface area contributed by atoms with Gasteiger partial charge in [0.05, 0.1) is 6.04 Å². The second kappa shape index (κ2) is 7.05. The number of hydrogen-bond acceptors (Lipinski definition) is 3. The van der Waals surface area contributed by atoms with Crippen LogP contribution in [0.25, 0.3) is 0 Å². The molecule has 0 radical (unpaired) electrons. The average Bonchev–Trinajstić information content (AvgIpc) is 2.71. The summed E-state index contributed by atoms with van der Waals surface area (Å²) in [6.45, 7) is 5.47. The highest BCUT2D eigenvalue weighted by Crippen LogP contribution is 2.26. The Morgan fingerprint density at radius 2 is 2.19 bits per heavy atom. The van der Waals surface area contributed by atoms with Crippen molar-refractivity contribution in [3.63, 3.8) is 0 Å². The van der Waals surface area contributed by atoms with Crippen molar-refractivity contribution >= 4 is 11.3 Å². The van der Waals surface area contributed by atoms with Crippen LogP contribution in [-0.2, 0) is 0 Å². The molecule has 0 fully saturated rings. The van der Waals surface area contributed by atoms with Gasteiger partial charge in [-0.25, -0.2) is 0 Å². The minimum Gasteiger partial charge on any atom is -0.326 e. The van der Waals surface area contributed by atoms with Crippen molar-refractivity contribution in [2.75, 3.05) is 13.6 Å². The lowest BCUT2D eigenvalue weighted by Gasteiger charge is -2.30. The molecule has 0 aromatic carbocycles. The zero-order valence-corrected chi connectivity index (χ0v) is 11.5. The molecule has 0 saturated carbocycles. The van der Waals surface area contributed by atoms with E-state index in [1.807, 2.05) is 0 Å². The second-order valence-electron chi connectivity index (χ2n) is 4.51. The standard InChI is InChI=1S/C13H24N2S/c1-4-5-6-9-15(3)13(11(2)14)12-8-7-10-16-12/h7-8,10-11,13H,4-6,9,14H2,1-3H3. The third-order valence-electron chi connectivity index (χ3n) is 2.92. The number of rotatable bonds is 7. The number of thiophene rings is 1. The Hall–Kier alpha value is -0.380. The highest BCUT2D eigenvalue weighted by atomic mass is 32.1. The van der Waals surface area contributed by atoms with Gasteiger partial charge < -0.3 is 5.73 Å². The highest BCUT2D eigenvalue weighted by Gasteiger charge is 2.21. The molecule has 0 aliphatic heterocycles. The molecule has 16 heavy (non-hydrogen) atoms. The average molecular weight is 240 g/mol. The van der Waals surface area contributed by atoms with Gasteiger partial charge in [0.25, 0.3) is 0 Å². The number of nitrogens with zero attached hydrogens (tertiary/aromatic N) is 1.